The summed E-state index contributed by atoms with van der Waals surface area (Å²) in [5.74, 6) is -1.17. The van der Waals surface area contributed by atoms with Gasteiger partial charge in [-0.1, -0.05) is 6.92 Å². The van der Waals surface area contributed by atoms with E-state index >= 15 is 0 Å². The molecule has 0 bridgehead atoms. The van der Waals surface area contributed by atoms with E-state index in [1.807, 2.05) is 6.92 Å². The Labute approximate surface area is 84.5 Å². The number of nitrogens with zero attached hydrogens (tertiary/aromatic N) is 1. The second kappa shape index (κ2) is 3.91. The molecule has 0 fully saturated rings. The molecule has 5 heteroatoms. The quantitative estimate of drug-likeness (QED) is 0.854. The minimum absolute atomic E-state index is 0.383. The van der Waals surface area contributed by atoms with Gasteiger partial charge in [-0.05, 0) is 22.9 Å². The minimum Gasteiger partial charge on any atom is -0.481 e. The molecule has 0 saturated carbocycles. The van der Waals surface area contributed by atoms with Gasteiger partial charge in [0.05, 0.1) is 5.92 Å². The molecule has 0 spiro atoms. The van der Waals surface area contributed by atoms with E-state index in [0.29, 0.717) is 6.42 Å². The van der Waals surface area contributed by atoms with Gasteiger partial charge in [0.25, 0.3) is 0 Å². The Morgan fingerprint density at radius 3 is 2.77 bits per heavy atom. The van der Waals surface area contributed by atoms with Crippen LogP contribution in [0.2, 0.25) is 0 Å². The highest BCUT2D eigenvalue weighted by atomic mass is 79.9. The van der Waals surface area contributed by atoms with Gasteiger partial charge in [0.1, 0.15) is 4.60 Å². The Hall–Kier alpha value is -0.840. The first-order chi connectivity index (χ1) is 6.02. The molecule has 0 radical (unpaired) electrons. The SMILES string of the molecule is Cc1c(Br)n[nH]c1CC(C)C(=O)O. The summed E-state index contributed by atoms with van der Waals surface area (Å²) in [7, 11) is 0. The van der Waals surface area contributed by atoms with Gasteiger partial charge < -0.3 is 5.11 Å². The fourth-order valence-electron chi connectivity index (χ4n) is 1.00. The Balaban J connectivity index is 2.74. The van der Waals surface area contributed by atoms with Gasteiger partial charge in [0.15, 0.2) is 0 Å². The van der Waals surface area contributed by atoms with Crippen molar-refractivity contribution >= 4 is 21.9 Å². The largest absolute Gasteiger partial charge is 0.481 e. The van der Waals surface area contributed by atoms with Gasteiger partial charge >= 0.3 is 5.97 Å². The van der Waals surface area contributed by atoms with E-state index in [2.05, 4.69) is 26.1 Å². The Morgan fingerprint density at radius 2 is 2.38 bits per heavy atom. The van der Waals surface area contributed by atoms with Crippen LogP contribution in [0.25, 0.3) is 0 Å². The molecule has 4 nitrogen and oxygen atoms in total. The highest BCUT2D eigenvalue weighted by molar-refractivity contribution is 9.10. The molecule has 13 heavy (non-hydrogen) atoms. The second-order valence-electron chi connectivity index (χ2n) is 3.06. The van der Waals surface area contributed by atoms with E-state index in [-0.39, 0.29) is 5.92 Å². The van der Waals surface area contributed by atoms with Crippen LogP contribution in [0, 0.1) is 12.8 Å². The molecule has 0 aliphatic heterocycles. The van der Waals surface area contributed by atoms with Crippen LogP contribution in [-0.2, 0) is 11.2 Å². The van der Waals surface area contributed by atoms with Crippen LogP contribution < -0.4 is 0 Å². The number of carboxylic acid groups (broad SMARTS) is 1. The predicted octanol–water partition coefficient (Wildman–Crippen LogP) is 1.74. The van der Waals surface area contributed by atoms with Crippen molar-refractivity contribution in [3.05, 3.63) is 15.9 Å². The molecular formula is C8H11BrN2O2. The van der Waals surface area contributed by atoms with Crippen LogP contribution in [0.1, 0.15) is 18.2 Å². The maximum Gasteiger partial charge on any atom is 0.306 e. The molecule has 1 aromatic rings. The van der Waals surface area contributed by atoms with Crippen molar-refractivity contribution in [1.82, 2.24) is 10.2 Å². The summed E-state index contributed by atoms with van der Waals surface area (Å²) in [4.78, 5) is 10.6. The van der Waals surface area contributed by atoms with Gasteiger partial charge in [-0.3, -0.25) is 9.89 Å². The van der Waals surface area contributed by atoms with E-state index in [1.54, 1.807) is 6.92 Å². The second-order valence-corrected chi connectivity index (χ2v) is 3.81. The molecule has 1 rings (SSSR count). The lowest BCUT2D eigenvalue weighted by molar-refractivity contribution is -0.141. The smallest absolute Gasteiger partial charge is 0.306 e. The summed E-state index contributed by atoms with van der Waals surface area (Å²) in [6.45, 7) is 3.58. The van der Waals surface area contributed by atoms with Gasteiger partial charge in [-0.25, -0.2) is 0 Å². The number of carbonyl (C=O) groups is 1. The number of H-pyrrole nitrogens is 1. The molecule has 0 saturated heterocycles. The van der Waals surface area contributed by atoms with Crippen molar-refractivity contribution < 1.29 is 9.90 Å². The van der Waals surface area contributed by atoms with Crippen LogP contribution in [0.4, 0.5) is 0 Å². The maximum atomic E-state index is 10.6. The number of aromatic amines is 1. The fourth-order valence-corrected chi connectivity index (χ4v) is 1.33. The van der Waals surface area contributed by atoms with E-state index < -0.39 is 5.97 Å². The zero-order valence-electron chi connectivity index (χ0n) is 7.47. The number of hydrogen-bond acceptors (Lipinski definition) is 2. The Kier molecular flexibility index (Phi) is 3.08. The molecule has 1 heterocycles. The number of hydrogen-bond donors (Lipinski definition) is 2. The minimum atomic E-state index is -0.787. The van der Waals surface area contributed by atoms with Gasteiger partial charge in [0.2, 0.25) is 0 Å². The van der Waals surface area contributed by atoms with Crippen LogP contribution in [0.5, 0.6) is 0 Å². The summed E-state index contributed by atoms with van der Waals surface area (Å²) in [6.07, 6.45) is 0.486. The molecule has 1 unspecified atom stereocenters. The summed E-state index contributed by atoms with van der Waals surface area (Å²) < 4.78 is 0.750. The van der Waals surface area contributed by atoms with E-state index in [4.69, 9.17) is 5.11 Å². The number of halogens is 1. The highest BCUT2D eigenvalue weighted by Gasteiger charge is 2.15. The number of nitrogens with one attached hydrogen (secondary N) is 1. The molecule has 1 atom stereocenters. The Bertz CT molecular complexity index is 322. The lowest BCUT2D eigenvalue weighted by atomic mass is 10.0. The standard InChI is InChI=1S/C8H11BrN2O2/c1-4(8(12)13)3-6-5(2)7(9)11-10-6/h4H,3H2,1-2H3,(H,10,11)(H,12,13). The fraction of sp³-hybridized carbons (Fsp3) is 0.500. The summed E-state index contributed by atoms with van der Waals surface area (Å²) in [5.41, 5.74) is 1.86. The zero-order valence-corrected chi connectivity index (χ0v) is 9.05. The topological polar surface area (TPSA) is 66.0 Å². The zero-order chi connectivity index (χ0) is 10.0. The summed E-state index contributed by atoms with van der Waals surface area (Å²) in [5, 5.41) is 15.4. The van der Waals surface area contributed by atoms with Gasteiger partial charge in [-0.2, -0.15) is 5.10 Å². The molecule has 0 aliphatic rings. The molecule has 0 aromatic carbocycles. The number of carboxylic acids is 1. The third kappa shape index (κ3) is 2.30. The van der Waals surface area contributed by atoms with Crippen LogP contribution in [0.15, 0.2) is 4.60 Å². The number of aliphatic carboxylic acids is 1. The van der Waals surface area contributed by atoms with Crippen LogP contribution >= 0.6 is 15.9 Å². The van der Waals surface area contributed by atoms with Crippen molar-refractivity contribution in [2.45, 2.75) is 20.3 Å². The maximum absolute atomic E-state index is 10.6. The summed E-state index contributed by atoms with van der Waals surface area (Å²) in [6, 6.07) is 0. The average molecular weight is 247 g/mol. The summed E-state index contributed by atoms with van der Waals surface area (Å²) >= 11 is 3.25. The van der Waals surface area contributed by atoms with E-state index in [0.717, 1.165) is 15.9 Å². The van der Waals surface area contributed by atoms with Crippen molar-refractivity contribution in [2.24, 2.45) is 5.92 Å². The normalized spacial score (nSPS) is 12.8. The lowest BCUT2D eigenvalue weighted by Crippen LogP contribution is -2.13. The third-order valence-electron chi connectivity index (χ3n) is 1.98. The van der Waals surface area contributed by atoms with E-state index in [1.165, 1.54) is 0 Å². The molecule has 0 aliphatic carbocycles. The third-order valence-corrected chi connectivity index (χ3v) is 2.76. The first kappa shape index (κ1) is 10.2. The molecular weight excluding hydrogens is 236 g/mol. The van der Waals surface area contributed by atoms with Gasteiger partial charge in [-0.15, -0.1) is 0 Å². The van der Waals surface area contributed by atoms with Crippen LogP contribution in [0.3, 0.4) is 0 Å². The van der Waals surface area contributed by atoms with Crippen molar-refractivity contribution in [3.8, 4) is 0 Å². The average Bonchev–Trinajstić information content (AvgIpc) is 2.36. The van der Waals surface area contributed by atoms with Crippen LogP contribution in [-0.4, -0.2) is 21.3 Å². The number of rotatable bonds is 3. The molecule has 2 N–H and O–H groups in total. The van der Waals surface area contributed by atoms with E-state index in [9.17, 15) is 4.79 Å². The van der Waals surface area contributed by atoms with Crippen molar-refractivity contribution in [2.75, 3.05) is 0 Å². The first-order valence-corrected chi connectivity index (χ1v) is 4.73. The highest BCUT2D eigenvalue weighted by Crippen LogP contribution is 2.18. The monoisotopic (exact) mass is 246 g/mol. The molecule has 1 aromatic heterocycles. The Morgan fingerprint density at radius 1 is 1.77 bits per heavy atom. The molecule has 72 valence electrons. The van der Waals surface area contributed by atoms with Crippen molar-refractivity contribution in [1.29, 1.82) is 0 Å². The first-order valence-electron chi connectivity index (χ1n) is 3.94. The lowest BCUT2D eigenvalue weighted by Gasteiger charge is -2.03. The molecule has 0 amide bonds. The number of aromatic nitrogens is 2. The van der Waals surface area contributed by atoms with Gasteiger partial charge in [0, 0.05) is 17.7 Å². The predicted molar refractivity (Wildman–Crippen MR) is 51.5 cm³/mol. The van der Waals surface area contributed by atoms with Crippen molar-refractivity contribution in [3.63, 3.8) is 0 Å².